The van der Waals surface area contributed by atoms with Gasteiger partial charge in [0.1, 0.15) is 5.57 Å². The highest BCUT2D eigenvalue weighted by molar-refractivity contribution is 6.34. The lowest BCUT2D eigenvalue weighted by Crippen LogP contribution is -2.40. The molecule has 3 aliphatic rings. The second kappa shape index (κ2) is 9.32. The number of amides is 1. The Kier molecular flexibility index (Phi) is 6.36. The average molecular weight is 495 g/mol. The second-order valence-electron chi connectivity index (χ2n) is 10.1. The molecule has 0 unspecified atom stereocenters. The zero-order valence-electron chi connectivity index (χ0n) is 19.9. The maximum atomic E-state index is 13.0. The van der Waals surface area contributed by atoms with Crippen LogP contribution in [0.5, 0.6) is 0 Å². The normalized spacial score (nSPS) is 25.6. The van der Waals surface area contributed by atoms with Crippen LogP contribution in [0.2, 0.25) is 5.02 Å². The Morgan fingerprint density at radius 1 is 1.20 bits per heavy atom. The largest absolute Gasteiger partial charge is 0.507 e. The van der Waals surface area contributed by atoms with Crippen molar-refractivity contribution in [1.29, 1.82) is 0 Å². The number of carbonyl (C=O) groups excluding carboxylic acids is 2. The SMILES string of the molecule is Cc1cc(-c2cccc(NC(=O)CCN)c2)c(Cl)cc1C1=C(O)[C@]2(CC[C@@H]3CCC[C@@H]3C2)OC1=O. The predicted octanol–water partition coefficient (Wildman–Crippen LogP) is 5.77. The molecule has 3 atom stereocenters. The van der Waals surface area contributed by atoms with Gasteiger partial charge in [-0.05, 0) is 79.0 Å². The van der Waals surface area contributed by atoms with Crippen molar-refractivity contribution < 1.29 is 19.4 Å². The number of hydrogen-bond donors (Lipinski definition) is 3. The monoisotopic (exact) mass is 494 g/mol. The van der Waals surface area contributed by atoms with E-state index in [1.165, 1.54) is 12.8 Å². The Morgan fingerprint density at radius 2 is 2.00 bits per heavy atom. The number of anilines is 1. The summed E-state index contributed by atoms with van der Waals surface area (Å²) >= 11 is 6.71. The van der Waals surface area contributed by atoms with Gasteiger partial charge in [0.15, 0.2) is 11.4 Å². The molecule has 5 rings (SSSR count). The molecule has 1 spiro atoms. The summed E-state index contributed by atoms with van der Waals surface area (Å²) in [6.07, 6.45) is 6.18. The topological polar surface area (TPSA) is 102 Å². The molecule has 2 aromatic rings. The van der Waals surface area contributed by atoms with Crippen molar-refractivity contribution in [3.63, 3.8) is 0 Å². The molecule has 0 aromatic heterocycles. The van der Waals surface area contributed by atoms with Gasteiger partial charge in [-0.15, -0.1) is 0 Å². The molecule has 0 radical (unpaired) electrons. The summed E-state index contributed by atoms with van der Waals surface area (Å²) < 4.78 is 5.90. The smallest absolute Gasteiger partial charge is 0.343 e. The molecule has 0 saturated heterocycles. The molecule has 2 saturated carbocycles. The molecule has 0 bridgehead atoms. The van der Waals surface area contributed by atoms with Gasteiger partial charge in [-0.3, -0.25) is 4.79 Å². The fourth-order valence-electron chi connectivity index (χ4n) is 6.14. The first-order valence-electron chi connectivity index (χ1n) is 12.4. The second-order valence-corrected chi connectivity index (χ2v) is 10.5. The summed E-state index contributed by atoms with van der Waals surface area (Å²) in [6, 6.07) is 11.1. The van der Waals surface area contributed by atoms with E-state index in [0.717, 1.165) is 29.5 Å². The Balaban J connectivity index is 1.47. The predicted molar refractivity (Wildman–Crippen MR) is 137 cm³/mol. The first-order valence-corrected chi connectivity index (χ1v) is 12.8. The van der Waals surface area contributed by atoms with Crippen LogP contribution in [0, 0.1) is 18.8 Å². The van der Waals surface area contributed by atoms with Crippen molar-refractivity contribution >= 4 is 34.7 Å². The van der Waals surface area contributed by atoms with E-state index >= 15 is 0 Å². The summed E-state index contributed by atoms with van der Waals surface area (Å²) in [7, 11) is 0. The van der Waals surface area contributed by atoms with Crippen molar-refractivity contribution in [3.8, 4) is 11.1 Å². The third-order valence-corrected chi connectivity index (χ3v) is 8.21. The molecule has 1 heterocycles. The third kappa shape index (κ3) is 4.34. The van der Waals surface area contributed by atoms with Crippen molar-refractivity contribution in [2.75, 3.05) is 11.9 Å². The van der Waals surface area contributed by atoms with E-state index < -0.39 is 11.6 Å². The molecule has 1 aliphatic heterocycles. The quantitative estimate of drug-likeness (QED) is 0.458. The minimum absolute atomic E-state index is 0.0596. The number of aryl methyl sites for hydroxylation is 1. The lowest BCUT2D eigenvalue weighted by molar-refractivity contribution is -0.152. The number of rotatable bonds is 5. The summed E-state index contributed by atoms with van der Waals surface area (Å²) in [6.45, 7) is 2.18. The Hall–Kier alpha value is -2.83. The maximum absolute atomic E-state index is 13.0. The van der Waals surface area contributed by atoms with E-state index in [9.17, 15) is 14.7 Å². The first-order chi connectivity index (χ1) is 16.8. The van der Waals surface area contributed by atoms with Gasteiger partial charge in [-0.25, -0.2) is 4.79 Å². The molecular formula is C28H31ClN2O4. The average Bonchev–Trinajstić information content (AvgIpc) is 3.37. The van der Waals surface area contributed by atoms with Gasteiger partial charge < -0.3 is 20.9 Å². The fraction of sp³-hybridized carbons (Fsp3) is 0.429. The molecule has 2 fully saturated rings. The van der Waals surface area contributed by atoms with Gasteiger partial charge in [0.25, 0.3) is 0 Å². The van der Waals surface area contributed by atoms with Crippen molar-refractivity contribution in [3.05, 3.63) is 58.3 Å². The molecule has 2 aromatic carbocycles. The number of hydrogen-bond acceptors (Lipinski definition) is 5. The van der Waals surface area contributed by atoms with E-state index in [1.807, 2.05) is 37.3 Å². The molecule has 4 N–H and O–H groups in total. The third-order valence-electron chi connectivity index (χ3n) is 7.90. The number of nitrogens with one attached hydrogen (secondary N) is 1. The van der Waals surface area contributed by atoms with Crippen LogP contribution in [0.15, 0.2) is 42.2 Å². The Morgan fingerprint density at radius 3 is 2.80 bits per heavy atom. The zero-order valence-corrected chi connectivity index (χ0v) is 20.7. The van der Waals surface area contributed by atoms with E-state index in [0.29, 0.717) is 41.0 Å². The molecule has 184 valence electrons. The summed E-state index contributed by atoms with van der Waals surface area (Å²) in [5.41, 5.74) is 8.47. The van der Waals surface area contributed by atoms with Crippen LogP contribution < -0.4 is 11.1 Å². The molecule has 35 heavy (non-hydrogen) atoms. The van der Waals surface area contributed by atoms with Crippen LogP contribution in [0.1, 0.15) is 56.1 Å². The molecule has 2 aliphatic carbocycles. The van der Waals surface area contributed by atoms with E-state index in [-0.39, 0.29) is 30.2 Å². The summed E-state index contributed by atoms with van der Waals surface area (Å²) in [5.74, 6) is 0.620. The van der Waals surface area contributed by atoms with Gasteiger partial charge in [-0.1, -0.05) is 43.0 Å². The number of benzene rings is 2. The molecule has 1 amide bonds. The van der Waals surface area contributed by atoms with Crippen LogP contribution in [0.4, 0.5) is 5.69 Å². The highest BCUT2D eigenvalue weighted by Crippen LogP contribution is 2.53. The van der Waals surface area contributed by atoms with Crippen LogP contribution >= 0.6 is 11.6 Å². The van der Waals surface area contributed by atoms with Gasteiger partial charge in [0, 0.05) is 29.2 Å². The number of halogens is 1. The number of ether oxygens (including phenoxy) is 1. The number of nitrogens with two attached hydrogens (primary N) is 1. The van der Waals surface area contributed by atoms with Crippen LogP contribution in [0.3, 0.4) is 0 Å². The van der Waals surface area contributed by atoms with Crippen LogP contribution in [-0.2, 0) is 14.3 Å². The minimum Gasteiger partial charge on any atom is -0.507 e. The zero-order chi connectivity index (χ0) is 24.7. The lowest BCUT2D eigenvalue weighted by Gasteiger charge is -2.38. The Bertz CT molecular complexity index is 1220. The van der Waals surface area contributed by atoms with Gasteiger partial charge in [-0.2, -0.15) is 0 Å². The van der Waals surface area contributed by atoms with Gasteiger partial charge in [0.05, 0.1) is 0 Å². The number of aliphatic hydroxyl groups is 1. The maximum Gasteiger partial charge on any atom is 0.343 e. The van der Waals surface area contributed by atoms with Gasteiger partial charge >= 0.3 is 5.97 Å². The van der Waals surface area contributed by atoms with Gasteiger partial charge in [0.2, 0.25) is 5.91 Å². The molecular weight excluding hydrogens is 464 g/mol. The van der Waals surface area contributed by atoms with Crippen LogP contribution in [-0.4, -0.2) is 29.1 Å². The lowest BCUT2D eigenvalue weighted by atomic mass is 9.72. The number of esters is 1. The highest BCUT2D eigenvalue weighted by atomic mass is 35.5. The van der Waals surface area contributed by atoms with Crippen molar-refractivity contribution in [2.45, 2.75) is 57.5 Å². The summed E-state index contributed by atoms with van der Waals surface area (Å²) in [4.78, 5) is 25.0. The summed E-state index contributed by atoms with van der Waals surface area (Å²) in [5, 5.41) is 14.6. The molecule has 7 heteroatoms. The van der Waals surface area contributed by atoms with Crippen molar-refractivity contribution in [1.82, 2.24) is 0 Å². The minimum atomic E-state index is -0.897. The standard InChI is InChI=1S/C28H31ClN2O4/c1-16-12-22(18-5-3-7-20(13-18)31-24(32)9-11-30)23(29)14-21(16)25-26(33)28(35-27(25)34)10-8-17-4-2-6-19(17)15-28/h3,5,7,12-14,17,19,33H,2,4,6,8-11,15,30H2,1H3,(H,31,32)/t17-,19+,28+/m0/s1. The van der Waals surface area contributed by atoms with E-state index in [1.54, 1.807) is 6.07 Å². The number of fused-ring (bicyclic) bond motifs is 1. The van der Waals surface area contributed by atoms with Crippen LogP contribution in [0.25, 0.3) is 16.7 Å². The number of carbonyl (C=O) groups is 2. The fourth-order valence-corrected chi connectivity index (χ4v) is 6.42. The molecule has 6 nitrogen and oxygen atoms in total. The highest BCUT2D eigenvalue weighted by Gasteiger charge is 2.53. The number of aliphatic hydroxyl groups excluding tert-OH is 1. The Labute approximate surface area is 210 Å². The van der Waals surface area contributed by atoms with E-state index in [2.05, 4.69) is 5.32 Å². The van der Waals surface area contributed by atoms with Crippen molar-refractivity contribution in [2.24, 2.45) is 17.6 Å². The van der Waals surface area contributed by atoms with E-state index in [4.69, 9.17) is 22.1 Å². The first kappa shape index (κ1) is 23.9.